The predicted octanol–water partition coefficient (Wildman–Crippen LogP) is 5.26. The van der Waals surface area contributed by atoms with Crippen LogP contribution in [0.1, 0.15) is 25.7 Å². The molecular formula is C20H18F3N3O2. The highest BCUT2D eigenvalue weighted by atomic mass is 19.4. The fourth-order valence-electron chi connectivity index (χ4n) is 3.57. The van der Waals surface area contributed by atoms with E-state index in [0.29, 0.717) is 22.5 Å². The molecule has 0 bridgehead atoms. The second-order valence-electron chi connectivity index (χ2n) is 6.88. The van der Waals surface area contributed by atoms with Gasteiger partial charge < -0.3 is 10.1 Å². The second kappa shape index (κ2) is 7.18. The molecule has 0 radical (unpaired) electrons. The molecule has 8 heteroatoms. The smallest absolute Gasteiger partial charge is 0.406 e. The van der Waals surface area contributed by atoms with Crippen molar-refractivity contribution in [3.8, 4) is 16.9 Å². The molecule has 1 heterocycles. The number of hydrogen-bond acceptors (Lipinski definition) is 3. The van der Waals surface area contributed by atoms with Crippen LogP contribution in [0.2, 0.25) is 0 Å². The van der Waals surface area contributed by atoms with Crippen molar-refractivity contribution in [1.29, 1.82) is 0 Å². The van der Waals surface area contributed by atoms with Crippen molar-refractivity contribution in [2.75, 3.05) is 5.32 Å². The van der Waals surface area contributed by atoms with Crippen LogP contribution in [0.3, 0.4) is 0 Å². The van der Waals surface area contributed by atoms with E-state index in [1.807, 2.05) is 0 Å². The maximum atomic E-state index is 12.4. The van der Waals surface area contributed by atoms with Gasteiger partial charge in [0.15, 0.2) is 5.82 Å². The van der Waals surface area contributed by atoms with Crippen molar-refractivity contribution in [2.24, 2.45) is 5.92 Å². The molecule has 1 aliphatic rings. The first-order valence-corrected chi connectivity index (χ1v) is 9.04. The molecule has 2 aromatic carbocycles. The number of anilines is 1. The summed E-state index contributed by atoms with van der Waals surface area (Å²) in [4.78, 5) is 12.3. The summed E-state index contributed by atoms with van der Waals surface area (Å²) in [5.74, 6) is 0.196. The van der Waals surface area contributed by atoms with Gasteiger partial charge in [-0.2, -0.15) is 5.10 Å². The molecule has 0 atom stereocenters. The Bertz CT molecular complexity index is 1010. The summed E-state index contributed by atoms with van der Waals surface area (Å²) < 4.78 is 41.3. The predicted molar refractivity (Wildman–Crippen MR) is 98.8 cm³/mol. The Morgan fingerprint density at radius 1 is 1.11 bits per heavy atom. The van der Waals surface area contributed by atoms with E-state index in [2.05, 4.69) is 20.3 Å². The highest BCUT2D eigenvalue weighted by Gasteiger charge is 2.31. The Labute approximate surface area is 158 Å². The van der Waals surface area contributed by atoms with Gasteiger partial charge in [-0.15, -0.1) is 13.2 Å². The van der Waals surface area contributed by atoms with Crippen molar-refractivity contribution < 1.29 is 22.7 Å². The van der Waals surface area contributed by atoms with Gasteiger partial charge in [0.05, 0.1) is 5.52 Å². The highest BCUT2D eigenvalue weighted by Crippen LogP contribution is 2.32. The van der Waals surface area contributed by atoms with Crippen molar-refractivity contribution in [3.05, 3.63) is 42.5 Å². The number of benzene rings is 2. The largest absolute Gasteiger partial charge is 0.573 e. The maximum absolute atomic E-state index is 12.4. The Morgan fingerprint density at radius 2 is 1.86 bits per heavy atom. The summed E-state index contributed by atoms with van der Waals surface area (Å²) in [7, 11) is 0. The van der Waals surface area contributed by atoms with Crippen LogP contribution in [0.4, 0.5) is 19.0 Å². The number of nitrogens with one attached hydrogen (secondary N) is 2. The number of aromatic amines is 1. The lowest BCUT2D eigenvalue weighted by Gasteiger charge is -2.10. The van der Waals surface area contributed by atoms with Gasteiger partial charge in [0.1, 0.15) is 5.75 Å². The van der Waals surface area contributed by atoms with Crippen LogP contribution in [-0.4, -0.2) is 22.5 Å². The van der Waals surface area contributed by atoms with Crippen LogP contribution in [0.5, 0.6) is 5.75 Å². The van der Waals surface area contributed by atoms with E-state index in [9.17, 15) is 18.0 Å². The molecule has 0 spiro atoms. The molecule has 0 unspecified atom stereocenters. The quantitative estimate of drug-likeness (QED) is 0.640. The molecule has 1 aromatic heterocycles. The van der Waals surface area contributed by atoms with E-state index in [0.717, 1.165) is 31.1 Å². The molecular weight excluding hydrogens is 371 g/mol. The zero-order chi connectivity index (χ0) is 19.7. The number of alkyl halides is 3. The standard InChI is InChI=1S/C20H18F3N3O2/c21-20(22,23)28-15-7-3-6-13(10-15)14-8-9-16-17(11-14)25-26-18(16)24-19(27)12-4-1-2-5-12/h3,6-12H,1-2,4-5H2,(H2,24,25,26,27). The molecule has 1 fully saturated rings. The van der Waals surface area contributed by atoms with Gasteiger partial charge in [-0.25, -0.2) is 0 Å². The molecule has 1 aliphatic carbocycles. The topological polar surface area (TPSA) is 67.0 Å². The lowest BCUT2D eigenvalue weighted by Crippen LogP contribution is -2.20. The fourth-order valence-corrected chi connectivity index (χ4v) is 3.57. The Balaban J connectivity index is 1.57. The number of fused-ring (bicyclic) bond motifs is 1. The molecule has 0 saturated heterocycles. The number of H-pyrrole nitrogens is 1. The number of carbonyl (C=O) groups excluding carboxylic acids is 1. The average molecular weight is 389 g/mol. The van der Waals surface area contributed by atoms with E-state index in [-0.39, 0.29) is 17.6 Å². The van der Waals surface area contributed by atoms with Crippen molar-refractivity contribution in [2.45, 2.75) is 32.0 Å². The molecule has 1 amide bonds. The lowest BCUT2D eigenvalue weighted by molar-refractivity contribution is -0.274. The van der Waals surface area contributed by atoms with E-state index >= 15 is 0 Å². The van der Waals surface area contributed by atoms with Crippen molar-refractivity contribution >= 4 is 22.6 Å². The number of hydrogen-bond donors (Lipinski definition) is 2. The SMILES string of the molecule is O=C(Nc1n[nH]c2cc(-c3cccc(OC(F)(F)F)c3)ccc12)C1CCCC1. The number of amides is 1. The maximum Gasteiger partial charge on any atom is 0.573 e. The van der Waals surface area contributed by atoms with E-state index in [1.165, 1.54) is 18.2 Å². The van der Waals surface area contributed by atoms with Crippen LogP contribution >= 0.6 is 0 Å². The third kappa shape index (κ3) is 3.95. The number of halogens is 3. The number of ether oxygens (including phenoxy) is 1. The Morgan fingerprint density at radius 3 is 2.61 bits per heavy atom. The first-order chi connectivity index (χ1) is 13.4. The van der Waals surface area contributed by atoms with E-state index in [4.69, 9.17) is 0 Å². The van der Waals surface area contributed by atoms with Crippen LogP contribution in [0, 0.1) is 5.92 Å². The summed E-state index contributed by atoms with van der Waals surface area (Å²) in [5, 5.41) is 10.7. The molecule has 4 rings (SSSR count). The minimum Gasteiger partial charge on any atom is -0.406 e. The van der Waals surface area contributed by atoms with Crippen LogP contribution in [0.15, 0.2) is 42.5 Å². The normalized spacial score (nSPS) is 15.1. The number of nitrogens with zero attached hydrogens (tertiary/aromatic N) is 1. The summed E-state index contributed by atoms with van der Waals surface area (Å²) >= 11 is 0. The van der Waals surface area contributed by atoms with E-state index < -0.39 is 6.36 Å². The molecule has 5 nitrogen and oxygen atoms in total. The molecule has 146 valence electrons. The number of rotatable bonds is 4. The van der Waals surface area contributed by atoms with Gasteiger partial charge in [-0.3, -0.25) is 9.89 Å². The van der Waals surface area contributed by atoms with Crippen LogP contribution < -0.4 is 10.1 Å². The van der Waals surface area contributed by atoms with Crippen LogP contribution in [-0.2, 0) is 4.79 Å². The Kier molecular flexibility index (Phi) is 4.70. The third-order valence-corrected chi connectivity index (χ3v) is 4.93. The van der Waals surface area contributed by atoms with Gasteiger partial charge in [-0.1, -0.05) is 31.0 Å². The summed E-state index contributed by atoms with van der Waals surface area (Å²) in [6, 6.07) is 11.1. The highest BCUT2D eigenvalue weighted by molar-refractivity contribution is 6.01. The third-order valence-electron chi connectivity index (χ3n) is 4.93. The number of carbonyl (C=O) groups is 1. The minimum absolute atomic E-state index is 0.0213. The van der Waals surface area contributed by atoms with Crippen molar-refractivity contribution in [3.63, 3.8) is 0 Å². The first kappa shape index (κ1) is 18.3. The summed E-state index contributed by atoms with van der Waals surface area (Å²) in [6.45, 7) is 0. The summed E-state index contributed by atoms with van der Waals surface area (Å²) in [6.07, 6.45) is -0.804. The molecule has 3 aromatic rings. The van der Waals surface area contributed by atoms with Gasteiger partial charge in [0.25, 0.3) is 0 Å². The number of aromatic nitrogens is 2. The average Bonchev–Trinajstić information content (AvgIpc) is 3.30. The minimum atomic E-state index is -4.74. The fraction of sp³-hybridized carbons (Fsp3) is 0.300. The molecule has 1 saturated carbocycles. The lowest BCUT2D eigenvalue weighted by atomic mass is 10.0. The van der Waals surface area contributed by atoms with Crippen LogP contribution in [0.25, 0.3) is 22.0 Å². The molecule has 2 N–H and O–H groups in total. The van der Waals surface area contributed by atoms with Gasteiger partial charge >= 0.3 is 6.36 Å². The van der Waals surface area contributed by atoms with Gasteiger partial charge in [-0.05, 0) is 48.2 Å². The first-order valence-electron chi connectivity index (χ1n) is 9.04. The monoisotopic (exact) mass is 389 g/mol. The van der Waals surface area contributed by atoms with Gasteiger partial charge in [0.2, 0.25) is 5.91 Å². The molecule has 0 aliphatic heterocycles. The zero-order valence-corrected chi connectivity index (χ0v) is 14.8. The Hall–Kier alpha value is -3.03. The van der Waals surface area contributed by atoms with Gasteiger partial charge in [0, 0.05) is 11.3 Å². The molecule has 28 heavy (non-hydrogen) atoms. The van der Waals surface area contributed by atoms with Crippen molar-refractivity contribution in [1.82, 2.24) is 10.2 Å². The zero-order valence-electron chi connectivity index (χ0n) is 14.8. The van der Waals surface area contributed by atoms with E-state index in [1.54, 1.807) is 24.3 Å². The second-order valence-corrected chi connectivity index (χ2v) is 6.88. The summed E-state index contributed by atoms with van der Waals surface area (Å²) in [5.41, 5.74) is 1.97.